The van der Waals surface area contributed by atoms with Gasteiger partial charge in [0, 0.05) is 19.2 Å². The molecule has 2 aliphatic rings. The molecule has 0 bridgehead atoms. The SMILES string of the molecule is C[C@H]1CN(S(=O)(=O)c2ccc3c(c2)OCO3)CCO1. The van der Waals surface area contributed by atoms with E-state index in [0.717, 1.165) is 0 Å². The van der Waals surface area contributed by atoms with Crippen molar-refractivity contribution in [2.45, 2.75) is 17.9 Å². The Morgan fingerprint density at radius 2 is 2.05 bits per heavy atom. The topological polar surface area (TPSA) is 65.1 Å². The first-order valence-corrected chi connectivity index (χ1v) is 7.53. The lowest BCUT2D eigenvalue weighted by molar-refractivity contribution is 0.0102. The summed E-state index contributed by atoms with van der Waals surface area (Å²) in [4.78, 5) is 0.228. The monoisotopic (exact) mass is 285 g/mol. The van der Waals surface area contributed by atoms with Gasteiger partial charge in [-0.05, 0) is 19.1 Å². The van der Waals surface area contributed by atoms with Crippen LogP contribution in [0.5, 0.6) is 11.5 Å². The molecule has 2 heterocycles. The largest absolute Gasteiger partial charge is 0.454 e. The van der Waals surface area contributed by atoms with E-state index in [9.17, 15) is 8.42 Å². The summed E-state index contributed by atoms with van der Waals surface area (Å²) in [6, 6.07) is 4.68. The molecule has 0 N–H and O–H groups in total. The number of hydrogen-bond acceptors (Lipinski definition) is 5. The van der Waals surface area contributed by atoms with Gasteiger partial charge in [0.15, 0.2) is 11.5 Å². The van der Waals surface area contributed by atoms with E-state index >= 15 is 0 Å². The summed E-state index contributed by atoms with van der Waals surface area (Å²) < 4.78 is 42.2. The van der Waals surface area contributed by atoms with Crippen molar-refractivity contribution in [2.24, 2.45) is 0 Å². The highest BCUT2D eigenvalue weighted by molar-refractivity contribution is 7.89. The molecule has 0 aliphatic carbocycles. The van der Waals surface area contributed by atoms with E-state index in [4.69, 9.17) is 14.2 Å². The molecule has 3 rings (SSSR count). The van der Waals surface area contributed by atoms with Crippen molar-refractivity contribution < 1.29 is 22.6 Å². The standard InChI is InChI=1S/C12H15NO5S/c1-9-7-13(4-5-16-9)19(14,15)10-2-3-11-12(6-10)18-8-17-11/h2-3,6,9H,4-5,7-8H2,1H3/t9-/m0/s1. The maximum atomic E-state index is 12.5. The molecule has 0 radical (unpaired) electrons. The molecule has 1 saturated heterocycles. The zero-order valence-electron chi connectivity index (χ0n) is 10.5. The molecule has 0 aromatic heterocycles. The Balaban J connectivity index is 1.91. The van der Waals surface area contributed by atoms with Crippen molar-refractivity contribution in [1.82, 2.24) is 4.31 Å². The molecular weight excluding hydrogens is 270 g/mol. The fraction of sp³-hybridized carbons (Fsp3) is 0.500. The number of sulfonamides is 1. The van der Waals surface area contributed by atoms with Crippen LogP contribution in [0.25, 0.3) is 0 Å². The first-order valence-electron chi connectivity index (χ1n) is 6.09. The summed E-state index contributed by atoms with van der Waals surface area (Å²) in [6.45, 7) is 3.16. The average molecular weight is 285 g/mol. The highest BCUT2D eigenvalue weighted by Gasteiger charge is 2.30. The van der Waals surface area contributed by atoms with E-state index in [1.165, 1.54) is 10.4 Å². The van der Waals surface area contributed by atoms with Crippen LogP contribution in [0.2, 0.25) is 0 Å². The number of rotatable bonds is 2. The normalized spacial score (nSPS) is 23.5. The molecule has 19 heavy (non-hydrogen) atoms. The van der Waals surface area contributed by atoms with Crippen LogP contribution < -0.4 is 9.47 Å². The molecule has 7 heteroatoms. The van der Waals surface area contributed by atoms with Crippen LogP contribution in [0.1, 0.15) is 6.92 Å². The number of fused-ring (bicyclic) bond motifs is 1. The number of ether oxygens (including phenoxy) is 3. The van der Waals surface area contributed by atoms with Crippen LogP contribution >= 0.6 is 0 Å². The molecule has 6 nitrogen and oxygen atoms in total. The Bertz CT molecular complexity index is 586. The van der Waals surface area contributed by atoms with Gasteiger partial charge in [-0.1, -0.05) is 0 Å². The van der Waals surface area contributed by atoms with E-state index in [2.05, 4.69) is 0 Å². The van der Waals surface area contributed by atoms with Crippen molar-refractivity contribution in [2.75, 3.05) is 26.5 Å². The van der Waals surface area contributed by atoms with Gasteiger partial charge in [0.25, 0.3) is 0 Å². The van der Waals surface area contributed by atoms with E-state index in [1.54, 1.807) is 12.1 Å². The summed E-state index contributed by atoms with van der Waals surface area (Å²) in [5.74, 6) is 1.05. The van der Waals surface area contributed by atoms with Crippen molar-refractivity contribution in [1.29, 1.82) is 0 Å². The molecular formula is C12H15NO5S. The van der Waals surface area contributed by atoms with Crippen LogP contribution in [-0.4, -0.2) is 45.3 Å². The first kappa shape index (κ1) is 12.7. The highest BCUT2D eigenvalue weighted by Crippen LogP contribution is 2.34. The second-order valence-electron chi connectivity index (χ2n) is 4.56. The summed E-state index contributed by atoms with van der Waals surface area (Å²) in [7, 11) is -3.50. The van der Waals surface area contributed by atoms with Crippen molar-refractivity contribution in [3.05, 3.63) is 18.2 Å². The molecule has 0 spiro atoms. The summed E-state index contributed by atoms with van der Waals surface area (Å²) in [6.07, 6.45) is -0.0856. The summed E-state index contributed by atoms with van der Waals surface area (Å²) >= 11 is 0. The number of hydrogen-bond donors (Lipinski definition) is 0. The van der Waals surface area contributed by atoms with E-state index in [1.807, 2.05) is 6.92 Å². The second kappa shape index (κ2) is 4.66. The molecule has 0 saturated carbocycles. The number of nitrogens with zero attached hydrogens (tertiary/aromatic N) is 1. The number of benzene rings is 1. The quantitative estimate of drug-likeness (QED) is 0.805. The minimum Gasteiger partial charge on any atom is -0.454 e. The fourth-order valence-electron chi connectivity index (χ4n) is 2.19. The van der Waals surface area contributed by atoms with Crippen molar-refractivity contribution in [3.63, 3.8) is 0 Å². The fourth-order valence-corrected chi connectivity index (χ4v) is 3.71. The van der Waals surface area contributed by atoms with Crippen LogP contribution in [0.15, 0.2) is 23.1 Å². The maximum absolute atomic E-state index is 12.5. The number of morpholine rings is 1. The zero-order chi connectivity index (χ0) is 13.5. The van der Waals surface area contributed by atoms with Gasteiger partial charge in [-0.3, -0.25) is 0 Å². The zero-order valence-corrected chi connectivity index (χ0v) is 11.4. The Kier molecular flexibility index (Phi) is 3.12. The Labute approximate surface area is 111 Å². The summed E-state index contributed by atoms with van der Waals surface area (Å²) in [5.41, 5.74) is 0. The van der Waals surface area contributed by atoms with Gasteiger partial charge >= 0.3 is 0 Å². The predicted octanol–water partition coefficient (Wildman–Crippen LogP) is 0.825. The predicted molar refractivity (Wildman–Crippen MR) is 66.7 cm³/mol. The van der Waals surface area contributed by atoms with Gasteiger partial charge < -0.3 is 14.2 Å². The minimum atomic E-state index is -3.50. The maximum Gasteiger partial charge on any atom is 0.243 e. The van der Waals surface area contributed by atoms with E-state index in [-0.39, 0.29) is 17.8 Å². The molecule has 1 aromatic carbocycles. The molecule has 0 unspecified atom stereocenters. The van der Waals surface area contributed by atoms with Crippen LogP contribution in [0.4, 0.5) is 0 Å². The van der Waals surface area contributed by atoms with Gasteiger partial charge in [0.1, 0.15) is 0 Å². The third kappa shape index (κ3) is 2.29. The van der Waals surface area contributed by atoms with Crippen LogP contribution in [-0.2, 0) is 14.8 Å². The lowest BCUT2D eigenvalue weighted by Crippen LogP contribution is -2.44. The smallest absolute Gasteiger partial charge is 0.243 e. The van der Waals surface area contributed by atoms with Crippen LogP contribution in [0.3, 0.4) is 0 Å². The van der Waals surface area contributed by atoms with Gasteiger partial charge in [0.05, 0.1) is 17.6 Å². The van der Waals surface area contributed by atoms with Gasteiger partial charge in [-0.25, -0.2) is 8.42 Å². The van der Waals surface area contributed by atoms with Crippen LogP contribution in [0, 0.1) is 0 Å². The molecule has 1 atom stereocenters. The Hall–Kier alpha value is -1.31. The lowest BCUT2D eigenvalue weighted by atomic mass is 10.3. The lowest BCUT2D eigenvalue weighted by Gasteiger charge is -2.30. The average Bonchev–Trinajstić information content (AvgIpc) is 2.85. The van der Waals surface area contributed by atoms with E-state index in [0.29, 0.717) is 31.2 Å². The Morgan fingerprint density at radius 1 is 1.26 bits per heavy atom. The highest BCUT2D eigenvalue weighted by atomic mass is 32.2. The molecule has 0 amide bonds. The molecule has 104 valence electrons. The molecule has 2 aliphatic heterocycles. The van der Waals surface area contributed by atoms with E-state index < -0.39 is 10.0 Å². The third-order valence-electron chi connectivity index (χ3n) is 3.19. The van der Waals surface area contributed by atoms with Gasteiger partial charge in [-0.15, -0.1) is 0 Å². The second-order valence-corrected chi connectivity index (χ2v) is 6.50. The molecule has 1 fully saturated rings. The van der Waals surface area contributed by atoms with Gasteiger partial charge in [0.2, 0.25) is 16.8 Å². The van der Waals surface area contributed by atoms with Crippen molar-refractivity contribution >= 4 is 10.0 Å². The first-order chi connectivity index (χ1) is 9.07. The van der Waals surface area contributed by atoms with Crippen molar-refractivity contribution in [3.8, 4) is 11.5 Å². The Morgan fingerprint density at radius 3 is 2.84 bits per heavy atom. The molecule has 1 aromatic rings. The third-order valence-corrected chi connectivity index (χ3v) is 5.05. The van der Waals surface area contributed by atoms with Gasteiger partial charge in [-0.2, -0.15) is 4.31 Å². The summed E-state index contributed by atoms with van der Waals surface area (Å²) in [5, 5.41) is 0. The minimum absolute atomic E-state index is 0.0856.